The molecular weight excluding hydrogens is 502 g/mol. The summed E-state index contributed by atoms with van der Waals surface area (Å²) in [6, 6.07) is 7.88. The Balaban J connectivity index is 1.15. The number of amides is 1. The lowest BCUT2D eigenvalue weighted by atomic mass is 9.76. The number of rotatable bonds is 8. The summed E-state index contributed by atoms with van der Waals surface area (Å²) in [6.45, 7) is 4.30. The molecule has 3 fully saturated rings. The minimum atomic E-state index is -0.748. The predicted octanol–water partition coefficient (Wildman–Crippen LogP) is 4.62. The number of para-hydroxylation sites is 2. The lowest BCUT2D eigenvalue weighted by Gasteiger charge is -2.30. The topological polar surface area (TPSA) is 107 Å². The largest absolute Gasteiger partial charge is 0.396 e. The Kier molecular flexibility index (Phi) is 9.83. The molecule has 4 N–H and O–H groups in total. The number of hydrogen-bond acceptors (Lipinski definition) is 5. The van der Waals surface area contributed by atoms with E-state index in [4.69, 9.17) is 4.74 Å². The third kappa shape index (κ3) is 7.08. The van der Waals surface area contributed by atoms with Crippen molar-refractivity contribution < 1.29 is 19.7 Å². The fourth-order valence-electron chi connectivity index (χ4n) is 7.18. The van der Waals surface area contributed by atoms with Gasteiger partial charge in [0.05, 0.1) is 35.3 Å². The molecule has 5 rings (SSSR count). The Labute approximate surface area is 238 Å². The zero-order chi connectivity index (χ0) is 28.1. The quantitative estimate of drug-likeness (QED) is 0.360. The van der Waals surface area contributed by atoms with E-state index in [0.29, 0.717) is 30.7 Å². The number of aromatic amines is 1. The van der Waals surface area contributed by atoms with Gasteiger partial charge in [-0.25, -0.2) is 4.98 Å². The third-order valence-corrected chi connectivity index (χ3v) is 9.62. The van der Waals surface area contributed by atoms with Crippen LogP contribution in [0.5, 0.6) is 0 Å². The number of benzene rings is 1. The highest BCUT2D eigenvalue weighted by Crippen LogP contribution is 2.41. The number of aromatic nitrogens is 2. The average molecular weight is 550 g/mol. The molecule has 0 bridgehead atoms. The van der Waals surface area contributed by atoms with Crippen LogP contribution in [0.25, 0.3) is 11.0 Å². The van der Waals surface area contributed by atoms with E-state index in [9.17, 15) is 15.0 Å². The highest BCUT2D eigenvalue weighted by Gasteiger charge is 2.49. The van der Waals surface area contributed by atoms with Crippen molar-refractivity contribution in [3.63, 3.8) is 0 Å². The van der Waals surface area contributed by atoms with Crippen LogP contribution in [-0.2, 0) is 16.0 Å². The predicted molar refractivity (Wildman–Crippen MR) is 156 cm³/mol. The minimum Gasteiger partial charge on any atom is -0.396 e. The van der Waals surface area contributed by atoms with Crippen molar-refractivity contribution >= 4 is 16.9 Å². The molecule has 7 heteroatoms. The first-order valence-electron chi connectivity index (χ1n) is 15.6. The van der Waals surface area contributed by atoms with Crippen LogP contribution >= 0.6 is 0 Å². The lowest BCUT2D eigenvalue weighted by Crippen LogP contribution is -2.42. The molecule has 218 valence electrons. The maximum absolute atomic E-state index is 13.5. The van der Waals surface area contributed by atoms with E-state index in [2.05, 4.69) is 34.0 Å². The van der Waals surface area contributed by atoms with E-state index in [-0.39, 0.29) is 18.6 Å². The maximum atomic E-state index is 13.5. The highest BCUT2D eigenvalue weighted by molar-refractivity contribution is 5.80. The van der Waals surface area contributed by atoms with E-state index >= 15 is 0 Å². The SMILES string of the molecule is CC1CCC(C#CC2CCC(CC3O[C@H]([C@@H](C)O)[C@H](CO)[C@@H]3C(=O)NCCc3nc4ccccc4[nH]3)CC2)CC1. The van der Waals surface area contributed by atoms with Gasteiger partial charge in [0.15, 0.2) is 0 Å². The van der Waals surface area contributed by atoms with Gasteiger partial charge in [0, 0.05) is 37.3 Å². The Morgan fingerprint density at radius 2 is 1.77 bits per heavy atom. The van der Waals surface area contributed by atoms with E-state index in [1.54, 1.807) is 6.92 Å². The van der Waals surface area contributed by atoms with Gasteiger partial charge in [0.2, 0.25) is 5.91 Å². The fraction of sp³-hybridized carbons (Fsp3) is 0.697. The van der Waals surface area contributed by atoms with Gasteiger partial charge >= 0.3 is 0 Å². The fourth-order valence-corrected chi connectivity index (χ4v) is 7.18. The zero-order valence-electron chi connectivity index (χ0n) is 24.1. The monoisotopic (exact) mass is 549 g/mol. The Morgan fingerprint density at radius 1 is 1.10 bits per heavy atom. The summed E-state index contributed by atoms with van der Waals surface area (Å²) >= 11 is 0. The number of aliphatic hydroxyl groups is 2. The number of carbonyl (C=O) groups is 1. The van der Waals surface area contributed by atoms with Gasteiger partial charge in [-0.15, -0.1) is 0 Å². The second-order valence-corrected chi connectivity index (χ2v) is 12.7. The number of aliphatic hydroxyl groups excluding tert-OH is 2. The van der Waals surface area contributed by atoms with Crippen LogP contribution in [0.15, 0.2) is 24.3 Å². The van der Waals surface area contributed by atoms with Gasteiger partial charge in [0.25, 0.3) is 0 Å². The van der Waals surface area contributed by atoms with Crippen molar-refractivity contribution in [1.29, 1.82) is 0 Å². The summed E-state index contributed by atoms with van der Waals surface area (Å²) < 4.78 is 6.31. The summed E-state index contributed by atoms with van der Waals surface area (Å²) in [5.41, 5.74) is 1.90. The number of H-pyrrole nitrogens is 1. The highest BCUT2D eigenvalue weighted by atomic mass is 16.5. The molecule has 2 aromatic rings. The minimum absolute atomic E-state index is 0.107. The molecule has 1 amide bonds. The second-order valence-electron chi connectivity index (χ2n) is 12.7. The van der Waals surface area contributed by atoms with E-state index in [1.165, 1.54) is 25.7 Å². The Bertz CT molecular complexity index is 1130. The number of nitrogens with one attached hydrogen (secondary N) is 2. The van der Waals surface area contributed by atoms with E-state index in [1.807, 2.05) is 24.3 Å². The van der Waals surface area contributed by atoms with Crippen molar-refractivity contribution in [2.75, 3.05) is 13.2 Å². The van der Waals surface area contributed by atoms with Crippen LogP contribution in [0, 0.1) is 47.3 Å². The molecule has 2 heterocycles. The lowest BCUT2D eigenvalue weighted by molar-refractivity contribution is -0.128. The Morgan fingerprint density at radius 3 is 2.42 bits per heavy atom. The molecule has 3 aliphatic rings. The molecule has 1 saturated heterocycles. The maximum Gasteiger partial charge on any atom is 0.226 e. The number of carbonyl (C=O) groups excluding carboxylic acids is 1. The normalized spacial score (nSPS) is 33.3. The third-order valence-electron chi connectivity index (χ3n) is 9.62. The van der Waals surface area contributed by atoms with Gasteiger partial charge in [-0.3, -0.25) is 4.79 Å². The standard InChI is InChI=1S/C33H47N3O4/c1-21-7-9-23(10-8-21)11-12-24-13-15-25(16-14-24)19-29-31(26(20-37)32(40-29)22(2)38)33(39)34-18-17-30-35-27-5-3-4-6-28(27)36-30/h3-6,21-26,29,31-32,37-38H,7-10,13-20H2,1-2H3,(H,34,39)(H,35,36)/t21?,22-,23?,24?,25?,26-,29?,31+,32-/m1/s1. The molecule has 5 atom stereocenters. The molecule has 1 unspecified atom stereocenters. The second kappa shape index (κ2) is 13.5. The molecule has 2 aliphatic carbocycles. The first-order chi connectivity index (χ1) is 19.4. The number of hydrogen-bond donors (Lipinski definition) is 4. The van der Waals surface area contributed by atoms with Gasteiger partial charge in [-0.2, -0.15) is 0 Å². The molecule has 1 aromatic carbocycles. The molecule has 1 aliphatic heterocycles. The van der Waals surface area contributed by atoms with Gasteiger partial charge < -0.3 is 25.3 Å². The van der Waals surface area contributed by atoms with Crippen molar-refractivity contribution in [2.24, 2.45) is 35.5 Å². The molecule has 40 heavy (non-hydrogen) atoms. The summed E-state index contributed by atoms with van der Waals surface area (Å²) in [4.78, 5) is 21.4. The number of nitrogens with zero attached hydrogens (tertiary/aromatic N) is 1. The summed E-state index contributed by atoms with van der Waals surface area (Å²) in [6.07, 6.45) is 9.28. The average Bonchev–Trinajstić information content (AvgIpc) is 3.54. The van der Waals surface area contributed by atoms with Crippen LogP contribution in [-0.4, -0.2) is 57.6 Å². The zero-order valence-corrected chi connectivity index (χ0v) is 24.1. The van der Waals surface area contributed by atoms with Crippen molar-refractivity contribution in [1.82, 2.24) is 15.3 Å². The van der Waals surface area contributed by atoms with Crippen LogP contribution in [0.2, 0.25) is 0 Å². The summed E-state index contributed by atoms with van der Waals surface area (Å²) in [7, 11) is 0. The van der Waals surface area contributed by atoms with Crippen LogP contribution in [0.3, 0.4) is 0 Å². The molecule has 2 saturated carbocycles. The molecule has 1 aromatic heterocycles. The molecule has 7 nitrogen and oxygen atoms in total. The summed E-state index contributed by atoms with van der Waals surface area (Å²) in [5, 5.41) is 23.7. The first kappa shape index (κ1) is 29.1. The van der Waals surface area contributed by atoms with Crippen molar-refractivity contribution in [3.8, 4) is 11.8 Å². The first-order valence-corrected chi connectivity index (χ1v) is 15.6. The van der Waals surface area contributed by atoms with E-state index < -0.39 is 24.0 Å². The molecule has 0 radical (unpaired) electrons. The van der Waals surface area contributed by atoms with Crippen LogP contribution in [0.4, 0.5) is 0 Å². The van der Waals surface area contributed by atoms with Crippen molar-refractivity contribution in [2.45, 2.75) is 96.4 Å². The van der Waals surface area contributed by atoms with Crippen molar-refractivity contribution in [3.05, 3.63) is 30.1 Å². The Hall–Kier alpha value is -2.40. The number of ether oxygens (including phenoxy) is 1. The van der Waals surface area contributed by atoms with Gasteiger partial charge in [0.1, 0.15) is 5.82 Å². The van der Waals surface area contributed by atoms with Crippen LogP contribution < -0.4 is 5.32 Å². The number of fused-ring (bicyclic) bond motifs is 1. The van der Waals surface area contributed by atoms with Gasteiger partial charge in [-0.05, 0) is 88.7 Å². The summed E-state index contributed by atoms with van der Waals surface area (Å²) in [5.74, 6) is 9.43. The molecule has 0 spiro atoms. The number of imidazole rings is 1. The smallest absolute Gasteiger partial charge is 0.226 e. The van der Waals surface area contributed by atoms with E-state index in [0.717, 1.165) is 54.9 Å². The van der Waals surface area contributed by atoms with Crippen LogP contribution in [0.1, 0.15) is 77.5 Å². The molecular formula is C33H47N3O4. The van der Waals surface area contributed by atoms with Gasteiger partial charge in [-0.1, -0.05) is 30.9 Å².